The van der Waals surface area contributed by atoms with Gasteiger partial charge >= 0.3 is 12.0 Å². The second kappa shape index (κ2) is 8.90. The number of carbonyl (C=O) groups is 2. The molecule has 3 N–H and O–H groups in total. The van der Waals surface area contributed by atoms with Crippen LogP contribution in [0.1, 0.15) is 59.3 Å². The average Bonchev–Trinajstić information content (AvgIpc) is 2.44. The predicted octanol–water partition coefficient (Wildman–Crippen LogP) is 3.00. The lowest BCUT2D eigenvalue weighted by molar-refractivity contribution is -0.137. The third kappa shape index (κ3) is 6.82. The third-order valence-electron chi connectivity index (χ3n) is 4.61. The summed E-state index contributed by atoms with van der Waals surface area (Å²) in [5, 5.41) is 14.5. The van der Waals surface area contributed by atoms with Crippen LogP contribution in [0.5, 0.6) is 0 Å². The first-order valence-electron chi connectivity index (χ1n) is 8.18. The second-order valence-electron chi connectivity index (χ2n) is 6.60. The first-order chi connectivity index (χ1) is 9.92. The van der Waals surface area contributed by atoms with Crippen molar-refractivity contribution in [2.75, 3.05) is 6.54 Å². The first-order valence-corrected chi connectivity index (χ1v) is 8.18. The predicted molar refractivity (Wildman–Crippen MR) is 83.2 cm³/mol. The molecular formula is C16H30N2O3. The molecule has 5 nitrogen and oxygen atoms in total. The number of rotatable bonds is 7. The largest absolute Gasteiger partial charge is 0.481 e. The Labute approximate surface area is 127 Å². The molecule has 0 heterocycles. The molecule has 0 radical (unpaired) electrons. The SMILES string of the molecule is CCC1CCC(CNC(=O)NC(CC(=O)O)C(C)C)CC1. The summed E-state index contributed by atoms with van der Waals surface area (Å²) in [6.07, 6.45) is 6.11. The Balaban J connectivity index is 2.28. The van der Waals surface area contributed by atoms with Gasteiger partial charge in [-0.2, -0.15) is 0 Å². The smallest absolute Gasteiger partial charge is 0.315 e. The van der Waals surface area contributed by atoms with Crippen LogP contribution in [-0.2, 0) is 4.79 Å². The van der Waals surface area contributed by atoms with E-state index in [9.17, 15) is 9.59 Å². The monoisotopic (exact) mass is 298 g/mol. The van der Waals surface area contributed by atoms with E-state index in [4.69, 9.17) is 5.11 Å². The topological polar surface area (TPSA) is 78.4 Å². The van der Waals surface area contributed by atoms with Crippen LogP contribution in [0, 0.1) is 17.8 Å². The van der Waals surface area contributed by atoms with Crippen molar-refractivity contribution in [1.82, 2.24) is 10.6 Å². The Bertz CT molecular complexity index is 336. The molecule has 0 aromatic rings. The van der Waals surface area contributed by atoms with Crippen molar-refractivity contribution in [3.8, 4) is 0 Å². The lowest BCUT2D eigenvalue weighted by atomic mass is 9.81. The first kappa shape index (κ1) is 17.8. The number of urea groups is 1. The number of hydrogen-bond donors (Lipinski definition) is 3. The lowest BCUT2D eigenvalue weighted by Gasteiger charge is -2.28. The number of amides is 2. The molecule has 0 aliphatic heterocycles. The van der Waals surface area contributed by atoms with E-state index < -0.39 is 5.97 Å². The minimum absolute atomic E-state index is 0.0350. The van der Waals surface area contributed by atoms with Gasteiger partial charge in [0.1, 0.15) is 0 Å². The minimum Gasteiger partial charge on any atom is -0.481 e. The molecule has 1 aliphatic rings. The van der Waals surface area contributed by atoms with Crippen LogP contribution in [0.3, 0.4) is 0 Å². The van der Waals surface area contributed by atoms with E-state index in [1.807, 2.05) is 13.8 Å². The van der Waals surface area contributed by atoms with Crippen molar-refractivity contribution in [2.24, 2.45) is 17.8 Å². The van der Waals surface area contributed by atoms with E-state index in [1.165, 1.54) is 32.1 Å². The molecule has 1 fully saturated rings. The number of nitrogens with one attached hydrogen (secondary N) is 2. The van der Waals surface area contributed by atoms with Crippen LogP contribution in [0.2, 0.25) is 0 Å². The maximum atomic E-state index is 11.9. The molecule has 1 aliphatic carbocycles. The Morgan fingerprint density at radius 3 is 2.19 bits per heavy atom. The molecule has 1 rings (SSSR count). The normalized spacial score (nSPS) is 23.6. The number of carbonyl (C=O) groups excluding carboxylic acids is 1. The van der Waals surface area contributed by atoms with Gasteiger partial charge in [0, 0.05) is 12.6 Å². The van der Waals surface area contributed by atoms with E-state index in [2.05, 4.69) is 17.6 Å². The van der Waals surface area contributed by atoms with Crippen molar-refractivity contribution in [1.29, 1.82) is 0 Å². The summed E-state index contributed by atoms with van der Waals surface area (Å²) in [4.78, 5) is 22.7. The molecular weight excluding hydrogens is 268 g/mol. The van der Waals surface area contributed by atoms with E-state index in [0.29, 0.717) is 12.5 Å². The van der Waals surface area contributed by atoms with E-state index in [1.54, 1.807) is 0 Å². The second-order valence-corrected chi connectivity index (χ2v) is 6.60. The van der Waals surface area contributed by atoms with Crippen molar-refractivity contribution in [3.05, 3.63) is 0 Å². The van der Waals surface area contributed by atoms with Gasteiger partial charge in [-0.3, -0.25) is 4.79 Å². The molecule has 1 atom stereocenters. The minimum atomic E-state index is -0.883. The summed E-state index contributed by atoms with van der Waals surface area (Å²) in [6, 6.07) is -0.564. The van der Waals surface area contributed by atoms with Crippen LogP contribution in [0.25, 0.3) is 0 Å². The van der Waals surface area contributed by atoms with E-state index in [0.717, 1.165) is 5.92 Å². The van der Waals surface area contributed by atoms with E-state index >= 15 is 0 Å². The summed E-state index contributed by atoms with van der Waals surface area (Å²) in [6.45, 7) is 6.77. The van der Waals surface area contributed by atoms with Crippen molar-refractivity contribution < 1.29 is 14.7 Å². The van der Waals surface area contributed by atoms with Gasteiger partial charge in [0.05, 0.1) is 6.42 Å². The summed E-state index contributed by atoms with van der Waals surface area (Å²) in [7, 11) is 0. The molecule has 1 saturated carbocycles. The maximum absolute atomic E-state index is 11.9. The van der Waals surface area contributed by atoms with Crippen molar-refractivity contribution in [2.45, 2.75) is 65.3 Å². The Kier molecular flexibility index (Phi) is 7.54. The number of carboxylic acid groups (broad SMARTS) is 1. The summed E-state index contributed by atoms with van der Waals surface area (Å²) < 4.78 is 0. The molecule has 1 unspecified atom stereocenters. The average molecular weight is 298 g/mol. The van der Waals surface area contributed by atoms with E-state index in [-0.39, 0.29) is 24.4 Å². The molecule has 2 amide bonds. The lowest BCUT2D eigenvalue weighted by Crippen LogP contribution is -2.46. The molecule has 0 bridgehead atoms. The number of hydrogen-bond acceptors (Lipinski definition) is 2. The zero-order valence-corrected chi connectivity index (χ0v) is 13.5. The number of aliphatic carboxylic acids is 1. The zero-order valence-electron chi connectivity index (χ0n) is 13.5. The van der Waals surface area contributed by atoms with Gasteiger partial charge in [-0.05, 0) is 30.6 Å². The van der Waals surface area contributed by atoms with Crippen LogP contribution >= 0.6 is 0 Å². The van der Waals surface area contributed by atoms with Crippen LogP contribution in [-0.4, -0.2) is 29.7 Å². The Hall–Kier alpha value is -1.26. The van der Waals surface area contributed by atoms with Gasteiger partial charge in [0.25, 0.3) is 0 Å². The van der Waals surface area contributed by atoms with Crippen molar-refractivity contribution in [3.63, 3.8) is 0 Å². The zero-order chi connectivity index (χ0) is 15.8. The standard InChI is InChI=1S/C16H30N2O3/c1-4-12-5-7-13(8-6-12)10-17-16(21)18-14(11(2)3)9-15(19)20/h11-14H,4-10H2,1-3H3,(H,19,20)(H2,17,18,21). The molecule has 0 aromatic carbocycles. The molecule has 122 valence electrons. The molecule has 0 spiro atoms. The highest BCUT2D eigenvalue weighted by atomic mass is 16.4. The van der Waals surface area contributed by atoms with Crippen molar-refractivity contribution >= 4 is 12.0 Å². The summed E-state index contributed by atoms with van der Waals surface area (Å²) in [5.74, 6) is 0.644. The van der Waals surface area contributed by atoms with Gasteiger partial charge in [0.15, 0.2) is 0 Å². The summed E-state index contributed by atoms with van der Waals surface area (Å²) in [5.41, 5.74) is 0. The quantitative estimate of drug-likeness (QED) is 0.676. The van der Waals surface area contributed by atoms with Crippen LogP contribution in [0.15, 0.2) is 0 Å². The third-order valence-corrected chi connectivity index (χ3v) is 4.61. The van der Waals surface area contributed by atoms with Gasteiger partial charge in [-0.1, -0.05) is 40.0 Å². The highest BCUT2D eigenvalue weighted by Gasteiger charge is 2.22. The fraction of sp³-hybridized carbons (Fsp3) is 0.875. The Morgan fingerprint density at radius 1 is 1.14 bits per heavy atom. The maximum Gasteiger partial charge on any atom is 0.315 e. The fourth-order valence-electron chi connectivity index (χ4n) is 2.94. The molecule has 21 heavy (non-hydrogen) atoms. The van der Waals surface area contributed by atoms with Gasteiger partial charge in [-0.25, -0.2) is 4.79 Å². The fourth-order valence-corrected chi connectivity index (χ4v) is 2.94. The van der Waals surface area contributed by atoms with Gasteiger partial charge < -0.3 is 15.7 Å². The highest BCUT2D eigenvalue weighted by molar-refractivity contribution is 5.75. The molecule has 5 heteroatoms. The van der Waals surface area contributed by atoms with Crippen LogP contribution in [0.4, 0.5) is 4.79 Å². The highest BCUT2D eigenvalue weighted by Crippen LogP contribution is 2.30. The number of carboxylic acids is 1. The molecule has 0 saturated heterocycles. The van der Waals surface area contributed by atoms with Gasteiger partial charge in [-0.15, -0.1) is 0 Å². The van der Waals surface area contributed by atoms with Gasteiger partial charge in [0.2, 0.25) is 0 Å². The molecule has 0 aromatic heterocycles. The Morgan fingerprint density at radius 2 is 1.71 bits per heavy atom. The summed E-state index contributed by atoms with van der Waals surface area (Å²) >= 11 is 0. The van der Waals surface area contributed by atoms with Crippen LogP contribution < -0.4 is 10.6 Å².